The van der Waals surface area contributed by atoms with Crippen molar-refractivity contribution in [2.45, 2.75) is 6.92 Å². The number of aromatic carboxylic acids is 1. The van der Waals surface area contributed by atoms with Gasteiger partial charge in [-0.25, -0.2) is 4.79 Å². The lowest BCUT2D eigenvalue weighted by Gasteiger charge is -2.03. The van der Waals surface area contributed by atoms with Crippen LogP contribution in [-0.4, -0.2) is 11.1 Å². The lowest BCUT2D eigenvalue weighted by molar-refractivity contribution is 0.0695. The lowest BCUT2D eigenvalue weighted by Crippen LogP contribution is -2.00. The zero-order valence-electron chi connectivity index (χ0n) is 6.27. The molecule has 64 valence electrons. The van der Waals surface area contributed by atoms with Gasteiger partial charge in [0, 0.05) is 8.95 Å². The fourth-order valence-corrected chi connectivity index (χ4v) is 2.58. The summed E-state index contributed by atoms with van der Waals surface area (Å²) < 4.78 is 1.47. The normalized spacial score (nSPS) is 9.92. The molecule has 0 amide bonds. The van der Waals surface area contributed by atoms with Crippen LogP contribution >= 0.6 is 31.9 Å². The molecule has 0 atom stereocenters. The first-order valence-corrected chi connectivity index (χ1v) is 4.80. The van der Waals surface area contributed by atoms with Crippen LogP contribution in [-0.2, 0) is 0 Å². The van der Waals surface area contributed by atoms with Crippen LogP contribution in [0, 0.1) is 6.92 Å². The highest BCUT2D eigenvalue weighted by Gasteiger charge is 2.11. The van der Waals surface area contributed by atoms with Crippen LogP contribution < -0.4 is 0 Å². The van der Waals surface area contributed by atoms with Gasteiger partial charge in [0.15, 0.2) is 0 Å². The molecule has 0 saturated heterocycles. The minimum atomic E-state index is -0.910. The van der Waals surface area contributed by atoms with Crippen LogP contribution in [0.2, 0.25) is 0 Å². The number of aryl methyl sites for hydroxylation is 1. The van der Waals surface area contributed by atoms with Crippen molar-refractivity contribution >= 4 is 37.8 Å². The minimum Gasteiger partial charge on any atom is -0.478 e. The Morgan fingerprint density at radius 1 is 1.42 bits per heavy atom. The Hall–Kier alpha value is -0.350. The highest BCUT2D eigenvalue weighted by molar-refractivity contribution is 9.11. The number of carbonyl (C=O) groups is 1. The second-order valence-corrected chi connectivity index (χ2v) is 4.15. The van der Waals surface area contributed by atoms with Crippen LogP contribution in [0.25, 0.3) is 0 Å². The van der Waals surface area contributed by atoms with E-state index >= 15 is 0 Å². The molecule has 0 saturated carbocycles. The molecule has 1 rings (SSSR count). The maximum absolute atomic E-state index is 10.7. The fraction of sp³-hybridized carbons (Fsp3) is 0.125. The molecule has 2 nitrogen and oxygen atoms in total. The summed E-state index contributed by atoms with van der Waals surface area (Å²) in [6.07, 6.45) is 0. The summed E-state index contributed by atoms with van der Waals surface area (Å²) in [6.45, 7) is 1.76. The van der Waals surface area contributed by atoms with Crippen molar-refractivity contribution in [1.82, 2.24) is 0 Å². The van der Waals surface area contributed by atoms with Crippen LogP contribution in [0.5, 0.6) is 0 Å². The number of hydrogen-bond donors (Lipinski definition) is 1. The van der Waals surface area contributed by atoms with Crippen LogP contribution in [0.4, 0.5) is 0 Å². The maximum Gasteiger partial charge on any atom is 0.337 e. The van der Waals surface area contributed by atoms with Gasteiger partial charge in [0.05, 0.1) is 5.56 Å². The Balaban J connectivity index is 3.38. The van der Waals surface area contributed by atoms with Gasteiger partial charge in [-0.1, -0.05) is 15.9 Å². The molecule has 0 spiro atoms. The highest BCUT2D eigenvalue weighted by Crippen LogP contribution is 2.25. The van der Waals surface area contributed by atoms with Crippen molar-refractivity contribution < 1.29 is 9.90 Å². The SMILES string of the molecule is Cc1cc(Br)cc(Br)c1C(=O)O. The summed E-state index contributed by atoms with van der Waals surface area (Å²) in [5, 5.41) is 8.79. The van der Waals surface area contributed by atoms with E-state index in [1.807, 2.05) is 0 Å². The summed E-state index contributed by atoms with van der Waals surface area (Å²) in [7, 11) is 0. The first kappa shape index (κ1) is 9.74. The molecule has 1 aromatic rings. The van der Waals surface area contributed by atoms with Crippen LogP contribution in [0.15, 0.2) is 21.1 Å². The van der Waals surface area contributed by atoms with Gasteiger partial charge in [-0.2, -0.15) is 0 Å². The molecule has 0 aliphatic rings. The Morgan fingerprint density at radius 2 is 2.00 bits per heavy atom. The van der Waals surface area contributed by atoms with Gasteiger partial charge in [0.2, 0.25) is 0 Å². The van der Waals surface area contributed by atoms with E-state index in [2.05, 4.69) is 31.9 Å². The molecule has 0 fully saturated rings. The third kappa shape index (κ3) is 1.87. The van der Waals surface area contributed by atoms with Gasteiger partial charge in [-0.15, -0.1) is 0 Å². The van der Waals surface area contributed by atoms with Crippen molar-refractivity contribution in [3.05, 3.63) is 32.2 Å². The maximum atomic E-state index is 10.7. The number of hydrogen-bond acceptors (Lipinski definition) is 1. The Kier molecular flexibility index (Phi) is 2.90. The molecule has 0 aliphatic carbocycles. The molecule has 0 heterocycles. The van der Waals surface area contributed by atoms with Crippen molar-refractivity contribution in [2.75, 3.05) is 0 Å². The smallest absolute Gasteiger partial charge is 0.337 e. The molecule has 12 heavy (non-hydrogen) atoms. The van der Waals surface area contributed by atoms with E-state index < -0.39 is 5.97 Å². The molecule has 0 unspecified atom stereocenters. The lowest BCUT2D eigenvalue weighted by atomic mass is 10.1. The Morgan fingerprint density at radius 3 is 2.42 bits per heavy atom. The molecule has 0 bridgehead atoms. The van der Waals surface area contributed by atoms with Crippen molar-refractivity contribution in [3.63, 3.8) is 0 Å². The predicted octanol–water partition coefficient (Wildman–Crippen LogP) is 3.22. The van der Waals surface area contributed by atoms with E-state index in [4.69, 9.17) is 5.11 Å². The molecule has 1 aromatic carbocycles. The molecule has 0 aliphatic heterocycles. The molecular formula is C8H6Br2O2. The van der Waals surface area contributed by atoms with Crippen LogP contribution in [0.3, 0.4) is 0 Å². The van der Waals surface area contributed by atoms with E-state index in [9.17, 15) is 4.79 Å². The number of rotatable bonds is 1. The fourth-order valence-electron chi connectivity index (χ4n) is 0.973. The molecule has 0 aromatic heterocycles. The second-order valence-electron chi connectivity index (χ2n) is 2.38. The van der Waals surface area contributed by atoms with E-state index in [-0.39, 0.29) is 0 Å². The molecular weight excluding hydrogens is 288 g/mol. The largest absolute Gasteiger partial charge is 0.478 e. The molecule has 4 heteroatoms. The van der Waals surface area contributed by atoms with E-state index in [0.717, 1.165) is 10.0 Å². The standard InChI is InChI=1S/C8H6Br2O2/c1-4-2-5(9)3-6(10)7(4)8(11)12/h2-3H,1H3,(H,11,12). The van der Waals surface area contributed by atoms with Gasteiger partial charge in [-0.05, 0) is 40.5 Å². The monoisotopic (exact) mass is 292 g/mol. The quantitative estimate of drug-likeness (QED) is 0.863. The first-order valence-electron chi connectivity index (χ1n) is 3.21. The van der Waals surface area contributed by atoms with E-state index in [1.165, 1.54) is 0 Å². The second kappa shape index (κ2) is 3.58. The summed E-state index contributed by atoms with van der Waals surface area (Å²) >= 11 is 6.46. The summed E-state index contributed by atoms with van der Waals surface area (Å²) in [5.74, 6) is -0.910. The van der Waals surface area contributed by atoms with E-state index in [1.54, 1.807) is 19.1 Å². The summed E-state index contributed by atoms with van der Waals surface area (Å²) in [6, 6.07) is 3.49. The Labute approximate surface area is 86.9 Å². The first-order chi connectivity index (χ1) is 5.52. The number of carboxylic acid groups (broad SMARTS) is 1. The molecule has 1 N–H and O–H groups in total. The topological polar surface area (TPSA) is 37.3 Å². The Bertz CT molecular complexity index is 311. The van der Waals surface area contributed by atoms with Crippen molar-refractivity contribution in [2.24, 2.45) is 0 Å². The van der Waals surface area contributed by atoms with Crippen molar-refractivity contribution in [3.8, 4) is 0 Å². The zero-order valence-corrected chi connectivity index (χ0v) is 9.44. The van der Waals surface area contributed by atoms with Crippen LogP contribution in [0.1, 0.15) is 15.9 Å². The third-order valence-electron chi connectivity index (χ3n) is 1.47. The van der Waals surface area contributed by atoms with Crippen molar-refractivity contribution in [1.29, 1.82) is 0 Å². The zero-order chi connectivity index (χ0) is 9.30. The van der Waals surface area contributed by atoms with Gasteiger partial charge in [-0.3, -0.25) is 0 Å². The van der Waals surface area contributed by atoms with Gasteiger partial charge in [0.1, 0.15) is 0 Å². The van der Waals surface area contributed by atoms with Gasteiger partial charge < -0.3 is 5.11 Å². The average Bonchev–Trinajstić information content (AvgIpc) is 1.82. The third-order valence-corrected chi connectivity index (χ3v) is 2.55. The highest BCUT2D eigenvalue weighted by atomic mass is 79.9. The van der Waals surface area contributed by atoms with E-state index in [0.29, 0.717) is 10.0 Å². The summed E-state index contributed by atoms with van der Waals surface area (Å²) in [5.41, 5.74) is 1.06. The molecule has 0 radical (unpaired) electrons. The predicted molar refractivity (Wildman–Crippen MR) is 53.5 cm³/mol. The number of benzene rings is 1. The number of halogens is 2. The minimum absolute atomic E-state index is 0.318. The summed E-state index contributed by atoms with van der Waals surface area (Å²) in [4.78, 5) is 10.7. The average molecular weight is 294 g/mol. The number of carboxylic acids is 1. The van der Waals surface area contributed by atoms with Gasteiger partial charge >= 0.3 is 5.97 Å². The van der Waals surface area contributed by atoms with Gasteiger partial charge in [0.25, 0.3) is 0 Å².